The number of nitrogens with zero attached hydrogens (tertiary/aromatic N) is 1. The lowest BCUT2D eigenvalue weighted by atomic mass is 10.2. The Hall–Kier alpha value is -2.01. The average Bonchev–Trinajstić information content (AvgIpc) is 2.80. The first-order valence-electron chi connectivity index (χ1n) is 5.30. The van der Waals surface area contributed by atoms with E-state index in [9.17, 15) is 10.1 Å². The normalized spacial score (nSPS) is 10.3. The standard InChI is InChI=1S/C12H11ClN2O3/c1-8-10(13)3-2-4-11(8)14-7-9-5-6-12(18-9)15(16)17/h2-6,14H,7H2,1H3. The molecule has 1 aromatic carbocycles. The van der Waals surface area contributed by atoms with Gasteiger partial charge in [-0.3, -0.25) is 10.1 Å². The molecule has 0 saturated heterocycles. The molecule has 94 valence electrons. The lowest BCUT2D eigenvalue weighted by Crippen LogP contribution is -2.00. The third-order valence-corrected chi connectivity index (χ3v) is 2.96. The van der Waals surface area contributed by atoms with Crippen molar-refractivity contribution in [3.8, 4) is 0 Å². The minimum Gasteiger partial charge on any atom is -0.404 e. The van der Waals surface area contributed by atoms with Gasteiger partial charge in [0.15, 0.2) is 0 Å². The minimum absolute atomic E-state index is 0.255. The number of nitrogens with one attached hydrogen (secondary N) is 1. The Morgan fingerprint density at radius 3 is 2.83 bits per heavy atom. The Morgan fingerprint density at radius 2 is 2.17 bits per heavy atom. The molecule has 6 heteroatoms. The van der Waals surface area contributed by atoms with Crippen LogP contribution in [0.25, 0.3) is 0 Å². The molecular weight excluding hydrogens is 256 g/mol. The molecule has 1 heterocycles. The van der Waals surface area contributed by atoms with Crippen molar-refractivity contribution in [2.24, 2.45) is 0 Å². The highest BCUT2D eigenvalue weighted by Crippen LogP contribution is 2.24. The summed E-state index contributed by atoms with van der Waals surface area (Å²) >= 11 is 5.99. The Labute approximate surface area is 109 Å². The van der Waals surface area contributed by atoms with Crippen molar-refractivity contribution >= 4 is 23.2 Å². The first kappa shape index (κ1) is 12.4. The number of hydrogen-bond donors (Lipinski definition) is 1. The van der Waals surface area contributed by atoms with Crippen molar-refractivity contribution in [2.45, 2.75) is 13.5 Å². The molecule has 0 saturated carbocycles. The number of rotatable bonds is 4. The Balaban J connectivity index is 2.07. The lowest BCUT2D eigenvalue weighted by Gasteiger charge is -2.08. The highest BCUT2D eigenvalue weighted by molar-refractivity contribution is 6.31. The largest absolute Gasteiger partial charge is 0.433 e. The third kappa shape index (κ3) is 2.62. The van der Waals surface area contributed by atoms with Crippen LogP contribution in [0.3, 0.4) is 0 Å². The van der Waals surface area contributed by atoms with E-state index in [-0.39, 0.29) is 5.88 Å². The van der Waals surface area contributed by atoms with Gasteiger partial charge in [0.1, 0.15) is 10.7 Å². The predicted octanol–water partition coefficient (Wildman–Crippen LogP) is 3.76. The molecule has 0 radical (unpaired) electrons. The predicted molar refractivity (Wildman–Crippen MR) is 68.9 cm³/mol. The number of halogens is 1. The quantitative estimate of drug-likeness (QED) is 0.676. The smallest absolute Gasteiger partial charge is 0.404 e. The van der Waals surface area contributed by atoms with Crippen LogP contribution < -0.4 is 5.32 Å². The summed E-state index contributed by atoms with van der Waals surface area (Å²) < 4.78 is 5.04. The highest BCUT2D eigenvalue weighted by atomic mass is 35.5. The molecule has 0 unspecified atom stereocenters. The molecule has 1 aromatic heterocycles. The van der Waals surface area contributed by atoms with Crippen molar-refractivity contribution in [1.29, 1.82) is 0 Å². The van der Waals surface area contributed by atoms with Gasteiger partial charge in [0.2, 0.25) is 0 Å². The summed E-state index contributed by atoms with van der Waals surface area (Å²) in [5, 5.41) is 14.3. The van der Waals surface area contributed by atoms with Crippen molar-refractivity contribution in [3.63, 3.8) is 0 Å². The molecule has 1 N–H and O–H groups in total. The van der Waals surface area contributed by atoms with Crippen LogP contribution in [0.15, 0.2) is 34.7 Å². The maximum atomic E-state index is 10.5. The van der Waals surface area contributed by atoms with E-state index in [0.717, 1.165) is 11.3 Å². The summed E-state index contributed by atoms with van der Waals surface area (Å²) in [6, 6.07) is 8.44. The van der Waals surface area contributed by atoms with Crippen molar-refractivity contribution in [2.75, 3.05) is 5.32 Å². The number of furan rings is 1. The maximum Gasteiger partial charge on any atom is 0.433 e. The van der Waals surface area contributed by atoms with Crippen LogP contribution >= 0.6 is 11.6 Å². The van der Waals surface area contributed by atoms with E-state index in [1.54, 1.807) is 12.1 Å². The number of hydrogen-bond acceptors (Lipinski definition) is 4. The monoisotopic (exact) mass is 266 g/mol. The first-order valence-corrected chi connectivity index (χ1v) is 5.68. The Bertz CT molecular complexity index is 580. The lowest BCUT2D eigenvalue weighted by molar-refractivity contribution is -0.402. The zero-order valence-electron chi connectivity index (χ0n) is 9.64. The van der Waals surface area contributed by atoms with E-state index < -0.39 is 4.92 Å². The molecule has 0 atom stereocenters. The Morgan fingerprint density at radius 1 is 1.39 bits per heavy atom. The van der Waals surface area contributed by atoms with Crippen molar-refractivity contribution < 1.29 is 9.34 Å². The van der Waals surface area contributed by atoms with Gasteiger partial charge < -0.3 is 9.73 Å². The van der Waals surface area contributed by atoms with E-state index in [4.69, 9.17) is 16.0 Å². The molecule has 18 heavy (non-hydrogen) atoms. The summed E-state index contributed by atoms with van der Waals surface area (Å²) in [5.41, 5.74) is 1.81. The van der Waals surface area contributed by atoms with Crippen molar-refractivity contribution in [3.05, 3.63) is 56.8 Å². The van der Waals surface area contributed by atoms with Crippen LogP contribution in [0.4, 0.5) is 11.6 Å². The fraction of sp³-hybridized carbons (Fsp3) is 0.167. The van der Waals surface area contributed by atoms with Gasteiger partial charge in [-0.15, -0.1) is 0 Å². The maximum absolute atomic E-state index is 10.5. The molecule has 2 aromatic rings. The second-order valence-corrected chi connectivity index (χ2v) is 4.17. The molecule has 0 amide bonds. The van der Waals surface area contributed by atoms with Crippen LogP contribution in [-0.4, -0.2) is 4.92 Å². The van der Waals surface area contributed by atoms with E-state index in [1.807, 2.05) is 19.1 Å². The second-order valence-electron chi connectivity index (χ2n) is 3.76. The molecule has 0 aliphatic rings. The van der Waals surface area contributed by atoms with Crippen LogP contribution in [0.1, 0.15) is 11.3 Å². The van der Waals surface area contributed by atoms with Gasteiger partial charge >= 0.3 is 5.88 Å². The van der Waals surface area contributed by atoms with Gasteiger partial charge in [0.25, 0.3) is 0 Å². The van der Waals surface area contributed by atoms with E-state index in [1.165, 1.54) is 6.07 Å². The van der Waals surface area contributed by atoms with E-state index in [2.05, 4.69) is 5.32 Å². The zero-order valence-corrected chi connectivity index (χ0v) is 10.4. The zero-order chi connectivity index (χ0) is 13.1. The topological polar surface area (TPSA) is 68.3 Å². The summed E-state index contributed by atoms with van der Waals surface area (Å²) in [7, 11) is 0. The van der Waals surface area contributed by atoms with Gasteiger partial charge in [-0.05, 0) is 30.7 Å². The molecule has 5 nitrogen and oxygen atoms in total. The second kappa shape index (κ2) is 5.10. The Kier molecular flexibility index (Phi) is 3.53. The van der Waals surface area contributed by atoms with Crippen LogP contribution in [0.5, 0.6) is 0 Å². The number of nitro groups is 1. The summed E-state index contributed by atoms with van der Waals surface area (Å²) in [6.45, 7) is 2.27. The van der Waals surface area contributed by atoms with Crippen LogP contribution in [0, 0.1) is 17.0 Å². The van der Waals surface area contributed by atoms with Crippen LogP contribution in [-0.2, 0) is 6.54 Å². The molecular formula is C12H11ClN2O3. The fourth-order valence-electron chi connectivity index (χ4n) is 1.54. The number of benzene rings is 1. The molecule has 0 spiro atoms. The molecule has 0 fully saturated rings. The summed E-state index contributed by atoms with van der Waals surface area (Å²) in [6.07, 6.45) is 0. The van der Waals surface area contributed by atoms with E-state index >= 15 is 0 Å². The van der Waals surface area contributed by atoms with Crippen LogP contribution in [0.2, 0.25) is 5.02 Å². The number of anilines is 1. The first-order chi connectivity index (χ1) is 8.58. The SMILES string of the molecule is Cc1c(Cl)cccc1NCc1ccc([N+](=O)[O-])o1. The van der Waals surface area contributed by atoms with Gasteiger partial charge in [-0.1, -0.05) is 17.7 Å². The van der Waals surface area contributed by atoms with Crippen molar-refractivity contribution in [1.82, 2.24) is 0 Å². The molecule has 0 aliphatic heterocycles. The molecule has 0 bridgehead atoms. The highest BCUT2D eigenvalue weighted by Gasteiger charge is 2.11. The average molecular weight is 267 g/mol. The fourth-order valence-corrected chi connectivity index (χ4v) is 1.72. The molecule has 2 rings (SSSR count). The minimum atomic E-state index is -0.561. The van der Waals surface area contributed by atoms with Gasteiger partial charge in [0, 0.05) is 10.7 Å². The van der Waals surface area contributed by atoms with E-state index in [0.29, 0.717) is 17.3 Å². The third-order valence-electron chi connectivity index (χ3n) is 2.55. The van der Waals surface area contributed by atoms with Gasteiger partial charge in [0.05, 0.1) is 12.6 Å². The summed E-state index contributed by atoms with van der Waals surface area (Å²) in [5.74, 6) is 0.246. The molecule has 0 aliphatic carbocycles. The summed E-state index contributed by atoms with van der Waals surface area (Å²) in [4.78, 5) is 9.90. The van der Waals surface area contributed by atoms with Gasteiger partial charge in [-0.2, -0.15) is 0 Å². The van der Waals surface area contributed by atoms with Gasteiger partial charge in [-0.25, -0.2) is 0 Å².